The van der Waals surface area contributed by atoms with Crippen LogP contribution in [-0.2, 0) is 36.0 Å². The minimum Gasteiger partial charge on any atom is -0.399 e. The fourth-order valence-corrected chi connectivity index (χ4v) is 6.04. The molecule has 1 saturated heterocycles. The van der Waals surface area contributed by atoms with Crippen LogP contribution in [0.2, 0.25) is 0 Å². The number of nitrogens with one attached hydrogen (secondary N) is 1. The van der Waals surface area contributed by atoms with Gasteiger partial charge in [-0.15, -0.1) is 11.3 Å². The maximum Gasteiger partial charge on any atom is 0.494 e. The molecule has 0 unspecified atom stereocenters. The van der Waals surface area contributed by atoms with Gasteiger partial charge in [-0.3, -0.25) is 9.52 Å². The molecule has 1 N–H and O–H groups in total. The van der Waals surface area contributed by atoms with Gasteiger partial charge in [-0.25, -0.2) is 17.8 Å². The number of anilines is 1. The molecule has 0 spiro atoms. The van der Waals surface area contributed by atoms with E-state index in [2.05, 4.69) is 9.71 Å². The molecule has 1 saturated carbocycles. The van der Waals surface area contributed by atoms with Crippen LogP contribution < -0.4 is 10.2 Å². The lowest BCUT2D eigenvalue weighted by molar-refractivity contribution is -0.123. The molecule has 2 aromatic rings. The molecule has 1 aromatic carbocycles. The predicted octanol–water partition coefficient (Wildman–Crippen LogP) is 3.57. The summed E-state index contributed by atoms with van der Waals surface area (Å²) in [5, 5.41) is 1.54. The first-order valence-corrected chi connectivity index (χ1v) is 13.7. The largest absolute Gasteiger partial charge is 0.494 e. The lowest BCUT2D eigenvalue weighted by atomic mass is 9.77. The number of nitrogens with zero attached hydrogens (tertiary/aromatic N) is 1. The summed E-state index contributed by atoms with van der Waals surface area (Å²) < 4.78 is 53.7. The number of carbonyl (C=O) groups excluding carboxylic acids is 1. The summed E-state index contributed by atoms with van der Waals surface area (Å²) >= 11 is 1.14. The Morgan fingerprint density at radius 2 is 1.85 bits per heavy atom. The van der Waals surface area contributed by atoms with Crippen molar-refractivity contribution in [1.82, 2.24) is 4.98 Å². The third-order valence-electron chi connectivity index (χ3n) is 6.99. The maximum atomic E-state index is 15.0. The topological polar surface area (TPSA) is 94.6 Å². The van der Waals surface area contributed by atoms with E-state index in [1.165, 1.54) is 6.07 Å². The van der Waals surface area contributed by atoms with Gasteiger partial charge in [0, 0.05) is 11.8 Å². The number of thiazole rings is 1. The summed E-state index contributed by atoms with van der Waals surface area (Å²) in [5.41, 5.74) is -0.818. The highest BCUT2D eigenvalue weighted by Gasteiger charge is 2.51. The van der Waals surface area contributed by atoms with Gasteiger partial charge in [0.25, 0.3) is 0 Å². The molecule has 0 amide bonds. The maximum absolute atomic E-state index is 15.0. The van der Waals surface area contributed by atoms with Crippen molar-refractivity contribution in [2.45, 2.75) is 82.7 Å². The highest BCUT2D eigenvalue weighted by atomic mass is 32.2. The SMILES string of the molecule is CC(C)(C(=O)Cc1ccc(B2OC(C)(C)C(C)(C)O2)cc1F)c1csc(NS(=O)(=O)C2CC2)n1. The van der Waals surface area contributed by atoms with E-state index < -0.39 is 39.6 Å². The highest BCUT2D eigenvalue weighted by Crippen LogP contribution is 2.37. The molecular weight excluding hydrogens is 478 g/mol. The molecule has 7 nitrogen and oxygen atoms in total. The predicted molar refractivity (Wildman–Crippen MR) is 132 cm³/mol. The average Bonchev–Trinajstić information content (AvgIpc) is 3.44. The second kappa shape index (κ2) is 8.39. The van der Waals surface area contributed by atoms with E-state index >= 15 is 0 Å². The summed E-state index contributed by atoms with van der Waals surface area (Å²) in [4.78, 5) is 17.5. The molecule has 0 radical (unpaired) electrons. The second-order valence-electron chi connectivity index (χ2n) is 10.5. The summed E-state index contributed by atoms with van der Waals surface area (Å²) in [6.07, 6.45) is 1.18. The lowest BCUT2D eigenvalue weighted by Crippen LogP contribution is -2.41. The van der Waals surface area contributed by atoms with Crippen LogP contribution in [0.3, 0.4) is 0 Å². The Morgan fingerprint density at radius 1 is 1.24 bits per heavy atom. The lowest BCUT2D eigenvalue weighted by Gasteiger charge is -2.32. The molecule has 2 aliphatic rings. The van der Waals surface area contributed by atoms with E-state index in [0.717, 1.165) is 11.3 Å². The second-order valence-corrected chi connectivity index (χ2v) is 13.4. The summed E-state index contributed by atoms with van der Waals surface area (Å²) in [7, 11) is -4.12. The zero-order chi connectivity index (χ0) is 25.1. The zero-order valence-electron chi connectivity index (χ0n) is 20.3. The zero-order valence-corrected chi connectivity index (χ0v) is 21.9. The van der Waals surface area contributed by atoms with Gasteiger partial charge >= 0.3 is 7.12 Å². The Hall–Kier alpha value is -1.82. The van der Waals surface area contributed by atoms with Crippen LogP contribution in [-0.4, -0.2) is 42.8 Å². The van der Waals surface area contributed by atoms with Gasteiger partial charge in [0.2, 0.25) is 10.0 Å². The molecule has 1 aliphatic heterocycles. The molecule has 0 atom stereocenters. The smallest absolute Gasteiger partial charge is 0.399 e. The molecule has 1 aromatic heterocycles. The van der Waals surface area contributed by atoms with E-state index in [1.807, 2.05) is 27.7 Å². The van der Waals surface area contributed by atoms with Crippen molar-refractivity contribution in [3.8, 4) is 0 Å². The number of aromatic nitrogens is 1. The number of hydrogen-bond acceptors (Lipinski definition) is 7. The average molecular weight is 508 g/mol. The van der Waals surface area contributed by atoms with Gasteiger partial charge in [0.1, 0.15) is 11.6 Å². The molecule has 184 valence electrons. The first-order valence-electron chi connectivity index (χ1n) is 11.3. The van der Waals surface area contributed by atoms with E-state index in [0.29, 0.717) is 24.0 Å². The number of sulfonamides is 1. The van der Waals surface area contributed by atoms with Gasteiger partial charge in [-0.1, -0.05) is 12.1 Å². The van der Waals surface area contributed by atoms with Crippen LogP contribution in [0.5, 0.6) is 0 Å². The Labute approximate surface area is 204 Å². The van der Waals surface area contributed by atoms with Crippen LogP contribution in [0.15, 0.2) is 23.6 Å². The van der Waals surface area contributed by atoms with E-state index in [-0.39, 0.29) is 28.1 Å². The van der Waals surface area contributed by atoms with Gasteiger partial charge in [0.15, 0.2) is 5.13 Å². The molecule has 34 heavy (non-hydrogen) atoms. The number of Topliss-reactive ketones (excluding diaryl/α,β-unsaturated/α-hetero) is 1. The van der Waals surface area contributed by atoms with Crippen molar-refractivity contribution in [2.75, 3.05) is 4.72 Å². The normalized spacial score (nSPS) is 19.9. The van der Waals surface area contributed by atoms with E-state index in [9.17, 15) is 17.6 Å². The van der Waals surface area contributed by atoms with Gasteiger partial charge < -0.3 is 9.31 Å². The van der Waals surface area contributed by atoms with Crippen molar-refractivity contribution in [3.05, 3.63) is 40.7 Å². The summed E-state index contributed by atoms with van der Waals surface area (Å²) in [6.45, 7) is 11.1. The number of hydrogen-bond donors (Lipinski definition) is 1. The number of ketones is 1. The molecule has 11 heteroatoms. The standard InChI is InChI=1S/C23H30BFN2O5S2/c1-21(2,18-13-33-20(26-18)27-34(29,30)16-9-10-16)19(28)11-14-7-8-15(12-17(14)25)24-31-22(3,4)23(5,6)32-24/h7-8,12-13,16H,9-11H2,1-6H3,(H,26,27). The minimum atomic E-state index is -3.43. The molecular formula is C23H30BFN2O5S2. The fourth-order valence-electron chi connectivity index (χ4n) is 3.56. The van der Waals surface area contributed by atoms with Gasteiger partial charge in [-0.05, 0) is 71.5 Å². The monoisotopic (exact) mass is 508 g/mol. The van der Waals surface area contributed by atoms with Crippen LogP contribution in [0, 0.1) is 5.82 Å². The highest BCUT2D eigenvalue weighted by molar-refractivity contribution is 7.93. The summed E-state index contributed by atoms with van der Waals surface area (Å²) in [6, 6.07) is 4.65. The van der Waals surface area contributed by atoms with Crippen LogP contribution in [0.1, 0.15) is 65.6 Å². The van der Waals surface area contributed by atoms with Gasteiger partial charge in [0.05, 0.1) is 27.6 Å². The minimum absolute atomic E-state index is 0.122. The Kier molecular flexibility index (Phi) is 6.24. The third kappa shape index (κ3) is 4.80. The van der Waals surface area contributed by atoms with E-state index in [4.69, 9.17) is 9.31 Å². The number of carbonyl (C=O) groups is 1. The third-order valence-corrected chi connectivity index (χ3v) is 9.70. The number of benzene rings is 1. The van der Waals surface area contributed by atoms with Crippen molar-refractivity contribution in [1.29, 1.82) is 0 Å². The van der Waals surface area contributed by atoms with Gasteiger partial charge in [-0.2, -0.15) is 0 Å². The Bertz CT molecular complexity index is 1210. The quantitative estimate of drug-likeness (QED) is 0.548. The van der Waals surface area contributed by atoms with Crippen molar-refractivity contribution >= 4 is 44.9 Å². The molecule has 0 bridgehead atoms. The molecule has 2 heterocycles. The first kappa shape index (κ1) is 25.3. The Balaban J connectivity index is 1.46. The first-order chi connectivity index (χ1) is 15.6. The number of rotatable bonds is 8. The number of halogens is 1. The van der Waals surface area contributed by atoms with Crippen molar-refractivity contribution in [3.63, 3.8) is 0 Å². The van der Waals surface area contributed by atoms with Crippen molar-refractivity contribution < 1.29 is 26.9 Å². The molecule has 4 rings (SSSR count). The molecule has 2 fully saturated rings. The van der Waals surface area contributed by atoms with Crippen LogP contribution >= 0.6 is 11.3 Å². The molecule has 1 aliphatic carbocycles. The van der Waals surface area contributed by atoms with Crippen LogP contribution in [0.25, 0.3) is 0 Å². The van der Waals surface area contributed by atoms with Crippen LogP contribution in [0.4, 0.5) is 9.52 Å². The Morgan fingerprint density at radius 3 is 2.41 bits per heavy atom. The summed E-state index contributed by atoms with van der Waals surface area (Å²) in [5.74, 6) is -0.732. The van der Waals surface area contributed by atoms with E-state index in [1.54, 1.807) is 31.4 Å². The fraction of sp³-hybridized carbons (Fsp3) is 0.565. The van der Waals surface area contributed by atoms with Crippen molar-refractivity contribution in [2.24, 2.45) is 0 Å².